The second kappa shape index (κ2) is 7.74. The first-order valence-corrected chi connectivity index (χ1v) is 9.24. The second-order valence-corrected chi connectivity index (χ2v) is 7.25. The first-order valence-electron chi connectivity index (χ1n) is 9.24. The van der Waals surface area contributed by atoms with Gasteiger partial charge in [0.2, 0.25) is 0 Å². The molecule has 1 aliphatic rings. The van der Waals surface area contributed by atoms with E-state index >= 15 is 0 Å². The largest absolute Gasteiger partial charge is 0.348 e. The Morgan fingerprint density at radius 3 is 2.67 bits per heavy atom. The Balaban J connectivity index is 1.90. The number of aryl methyl sites for hydroxylation is 1. The quantitative estimate of drug-likeness (QED) is 0.433. The maximum absolute atomic E-state index is 12.7. The first-order chi connectivity index (χ1) is 12.9. The topological polar surface area (TPSA) is 50.0 Å². The second-order valence-electron chi connectivity index (χ2n) is 7.25. The van der Waals surface area contributed by atoms with E-state index in [4.69, 9.17) is 0 Å². The Labute approximate surface area is 160 Å². The molecule has 27 heavy (non-hydrogen) atoms. The lowest BCUT2D eigenvalue weighted by atomic mass is 10.1. The van der Waals surface area contributed by atoms with Gasteiger partial charge in [-0.2, -0.15) is 5.10 Å². The summed E-state index contributed by atoms with van der Waals surface area (Å²) in [6.45, 7) is 13.8. The summed E-state index contributed by atoms with van der Waals surface area (Å²) in [5.41, 5.74) is 5.43. The summed E-state index contributed by atoms with van der Waals surface area (Å²) < 4.78 is 2.29. The van der Waals surface area contributed by atoms with Crippen LogP contribution < -0.4 is 4.90 Å². The van der Waals surface area contributed by atoms with Crippen molar-refractivity contribution in [2.45, 2.75) is 34.2 Å². The SMILES string of the molecule is C=CCN1C(=O)/C(=N/N=C\c2cc(C)n(CC(C)C)c2C)c2ccccc21. The van der Waals surface area contributed by atoms with Gasteiger partial charge in [0.1, 0.15) is 0 Å². The number of para-hydroxylation sites is 1. The summed E-state index contributed by atoms with van der Waals surface area (Å²) in [6, 6.07) is 9.75. The lowest BCUT2D eigenvalue weighted by Gasteiger charge is -2.13. The van der Waals surface area contributed by atoms with Crippen LogP contribution in [0.1, 0.15) is 36.4 Å². The number of fused-ring (bicyclic) bond motifs is 1. The number of aromatic nitrogens is 1. The minimum absolute atomic E-state index is 0.140. The predicted octanol–water partition coefficient (Wildman–Crippen LogP) is 4.12. The number of carbonyl (C=O) groups excluding carboxylic acids is 1. The van der Waals surface area contributed by atoms with Gasteiger partial charge < -0.3 is 9.47 Å². The number of carbonyl (C=O) groups is 1. The van der Waals surface area contributed by atoms with Crippen LogP contribution in [-0.2, 0) is 11.3 Å². The molecule has 2 heterocycles. The summed E-state index contributed by atoms with van der Waals surface area (Å²) in [6.07, 6.45) is 3.45. The lowest BCUT2D eigenvalue weighted by Crippen LogP contribution is -2.30. The molecule has 3 rings (SSSR count). The fourth-order valence-corrected chi connectivity index (χ4v) is 3.42. The molecule has 0 saturated carbocycles. The van der Waals surface area contributed by atoms with Gasteiger partial charge in [-0.3, -0.25) is 4.79 Å². The van der Waals surface area contributed by atoms with Crippen LogP contribution in [0.4, 0.5) is 5.69 Å². The predicted molar refractivity (Wildman–Crippen MR) is 112 cm³/mol. The van der Waals surface area contributed by atoms with E-state index < -0.39 is 0 Å². The molecule has 0 radical (unpaired) electrons. The fraction of sp³-hybridized carbons (Fsp3) is 0.318. The van der Waals surface area contributed by atoms with Gasteiger partial charge in [-0.25, -0.2) is 0 Å². The molecule has 0 saturated heterocycles. The van der Waals surface area contributed by atoms with Crippen molar-refractivity contribution in [3.8, 4) is 0 Å². The van der Waals surface area contributed by atoms with Crippen molar-refractivity contribution >= 4 is 23.5 Å². The highest BCUT2D eigenvalue weighted by Crippen LogP contribution is 2.29. The van der Waals surface area contributed by atoms with Crippen LogP contribution in [0.15, 0.2) is 53.2 Å². The Morgan fingerprint density at radius 2 is 1.96 bits per heavy atom. The van der Waals surface area contributed by atoms with Gasteiger partial charge in [-0.1, -0.05) is 38.1 Å². The molecule has 5 nitrogen and oxygen atoms in total. The number of rotatable bonds is 6. The Morgan fingerprint density at radius 1 is 1.22 bits per heavy atom. The molecule has 0 N–H and O–H groups in total. The van der Waals surface area contributed by atoms with Crippen molar-refractivity contribution < 1.29 is 4.79 Å². The van der Waals surface area contributed by atoms with Crippen molar-refractivity contribution in [2.75, 3.05) is 11.4 Å². The van der Waals surface area contributed by atoms with E-state index in [1.165, 1.54) is 5.69 Å². The first kappa shape index (κ1) is 18.8. The van der Waals surface area contributed by atoms with Crippen molar-refractivity contribution in [2.24, 2.45) is 16.1 Å². The fourth-order valence-electron chi connectivity index (χ4n) is 3.42. The summed E-state index contributed by atoms with van der Waals surface area (Å²) in [5.74, 6) is 0.432. The zero-order valence-electron chi connectivity index (χ0n) is 16.4. The Kier molecular flexibility index (Phi) is 5.40. The summed E-state index contributed by atoms with van der Waals surface area (Å²) >= 11 is 0. The molecular weight excluding hydrogens is 336 g/mol. The Hall–Kier alpha value is -2.95. The molecule has 1 aromatic carbocycles. The molecular formula is C22H26N4O. The van der Waals surface area contributed by atoms with E-state index in [1.807, 2.05) is 24.3 Å². The van der Waals surface area contributed by atoms with Gasteiger partial charge in [0.15, 0.2) is 5.71 Å². The zero-order chi connectivity index (χ0) is 19.6. The summed E-state index contributed by atoms with van der Waals surface area (Å²) in [5, 5.41) is 8.50. The molecule has 0 spiro atoms. The standard InChI is InChI=1S/C22H26N4O/c1-6-11-25-20-10-8-7-9-19(20)21(22(25)27)24-23-13-18-12-16(4)26(17(18)5)14-15(2)3/h6-10,12-13,15H,1,11,14H2,2-5H3/b23-13-,24-21+. The van der Waals surface area contributed by atoms with Gasteiger partial charge >= 0.3 is 0 Å². The highest BCUT2D eigenvalue weighted by Gasteiger charge is 2.32. The van der Waals surface area contributed by atoms with Gasteiger partial charge in [0, 0.05) is 35.6 Å². The van der Waals surface area contributed by atoms with Crippen LogP contribution in [0, 0.1) is 19.8 Å². The van der Waals surface area contributed by atoms with Crippen molar-refractivity contribution in [1.29, 1.82) is 0 Å². The molecule has 0 unspecified atom stereocenters. The monoisotopic (exact) mass is 362 g/mol. The minimum atomic E-state index is -0.140. The van der Waals surface area contributed by atoms with Gasteiger partial charge in [-0.15, -0.1) is 11.7 Å². The molecule has 1 aliphatic heterocycles. The number of amides is 1. The van der Waals surface area contributed by atoms with Gasteiger partial charge in [0.25, 0.3) is 5.91 Å². The average Bonchev–Trinajstić information content (AvgIpc) is 3.05. The maximum Gasteiger partial charge on any atom is 0.279 e. The third-order valence-corrected chi connectivity index (χ3v) is 4.72. The van der Waals surface area contributed by atoms with Gasteiger partial charge in [0.05, 0.1) is 11.9 Å². The van der Waals surface area contributed by atoms with Crippen LogP contribution in [0.5, 0.6) is 0 Å². The van der Waals surface area contributed by atoms with Crippen LogP contribution in [0.3, 0.4) is 0 Å². The number of hydrogen-bond donors (Lipinski definition) is 0. The molecule has 1 amide bonds. The molecule has 2 aromatic rings. The zero-order valence-corrected chi connectivity index (χ0v) is 16.4. The molecule has 140 valence electrons. The highest BCUT2D eigenvalue weighted by molar-refractivity contribution is 6.54. The summed E-state index contributed by atoms with van der Waals surface area (Å²) in [4.78, 5) is 14.4. The van der Waals surface area contributed by atoms with Crippen molar-refractivity contribution in [3.05, 3.63) is 65.5 Å². The molecule has 5 heteroatoms. The van der Waals surface area contributed by atoms with Crippen molar-refractivity contribution in [3.63, 3.8) is 0 Å². The van der Waals surface area contributed by atoms with E-state index in [2.05, 4.69) is 55.1 Å². The van der Waals surface area contributed by atoms with E-state index in [0.717, 1.165) is 29.1 Å². The average molecular weight is 362 g/mol. The summed E-state index contributed by atoms with van der Waals surface area (Å²) in [7, 11) is 0. The molecule has 0 bridgehead atoms. The maximum atomic E-state index is 12.7. The Bertz CT molecular complexity index is 934. The molecule has 0 atom stereocenters. The van der Waals surface area contributed by atoms with Crippen molar-refractivity contribution in [1.82, 2.24) is 4.57 Å². The lowest BCUT2D eigenvalue weighted by molar-refractivity contribution is -0.112. The molecule has 0 aliphatic carbocycles. The third-order valence-electron chi connectivity index (χ3n) is 4.72. The van der Waals surface area contributed by atoms with Crippen LogP contribution in [-0.4, -0.2) is 28.9 Å². The smallest absolute Gasteiger partial charge is 0.279 e. The number of benzene rings is 1. The van der Waals surface area contributed by atoms with Crippen LogP contribution in [0.2, 0.25) is 0 Å². The van der Waals surface area contributed by atoms with E-state index in [0.29, 0.717) is 18.2 Å². The normalized spacial score (nSPS) is 15.4. The number of nitrogens with zero attached hydrogens (tertiary/aromatic N) is 4. The highest BCUT2D eigenvalue weighted by atomic mass is 16.2. The minimum Gasteiger partial charge on any atom is -0.348 e. The number of anilines is 1. The van der Waals surface area contributed by atoms with E-state index in [9.17, 15) is 4.79 Å². The van der Waals surface area contributed by atoms with E-state index in [1.54, 1.807) is 17.2 Å². The molecule has 1 aromatic heterocycles. The van der Waals surface area contributed by atoms with Crippen LogP contribution in [0.25, 0.3) is 0 Å². The molecule has 0 fully saturated rings. The van der Waals surface area contributed by atoms with Gasteiger partial charge in [-0.05, 0) is 31.9 Å². The van der Waals surface area contributed by atoms with E-state index in [-0.39, 0.29) is 5.91 Å². The third kappa shape index (κ3) is 3.63. The van der Waals surface area contributed by atoms with Crippen LogP contribution >= 0.6 is 0 Å². The number of hydrogen-bond acceptors (Lipinski definition) is 3.